The Bertz CT molecular complexity index is 688. The van der Waals surface area contributed by atoms with Crippen LogP contribution in [-0.2, 0) is 9.63 Å². The number of carbonyl (C=O) groups is 1. The third-order valence-corrected chi connectivity index (χ3v) is 3.40. The third kappa shape index (κ3) is 3.03. The Kier molecular flexibility index (Phi) is 3.83. The van der Waals surface area contributed by atoms with Gasteiger partial charge < -0.3 is 10.2 Å². The number of hydrogen-bond donors (Lipinski definition) is 1. The molecule has 5 nitrogen and oxygen atoms in total. The van der Waals surface area contributed by atoms with Crippen LogP contribution in [0.5, 0.6) is 0 Å². The third-order valence-electron chi connectivity index (χ3n) is 3.09. The van der Waals surface area contributed by atoms with Gasteiger partial charge in [-0.1, -0.05) is 47.1 Å². The number of halogens is 1. The van der Waals surface area contributed by atoms with E-state index in [1.807, 2.05) is 30.3 Å². The van der Waals surface area contributed by atoms with Crippen molar-refractivity contribution in [1.82, 2.24) is 4.98 Å². The molecule has 2 heterocycles. The molecular weight excluding hydrogens is 290 g/mol. The lowest BCUT2D eigenvalue weighted by Gasteiger charge is -2.07. The second-order valence-corrected chi connectivity index (χ2v) is 4.94. The van der Waals surface area contributed by atoms with Crippen molar-refractivity contribution in [3.05, 3.63) is 59.2 Å². The Hall–Kier alpha value is -2.40. The summed E-state index contributed by atoms with van der Waals surface area (Å²) in [5.74, 6) is -0.0379. The lowest BCUT2D eigenvalue weighted by molar-refractivity contribution is -0.110. The molecule has 1 N–H and O–H groups in total. The minimum Gasteiger partial charge on any atom is -0.387 e. The summed E-state index contributed by atoms with van der Waals surface area (Å²) in [6.07, 6.45) is 1.74. The number of hydrogen-bond acceptors (Lipinski definition) is 4. The van der Waals surface area contributed by atoms with Crippen molar-refractivity contribution in [2.24, 2.45) is 5.16 Å². The minimum atomic E-state index is -0.353. The van der Waals surface area contributed by atoms with Crippen LogP contribution in [0.25, 0.3) is 0 Å². The molecule has 0 radical (unpaired) electrons. The monoisotopic (exact) mass is 301 g/mol. The molecule has 1 aliphatic rings. The molecule has 2 aromatic rings. The second-order valence-electron chi connectivity index (χ2n) is 4.53. The average Bonchev–Trinajstić information content (AvgIpc) is 3.00. The fourth-order valence-corrected chi connectivity index (χ4v) is 2.18. The van der Waals surface area contributed by atoms with E-state index in [1.54, 1.807) is 18.3 Å². The van der Waals surface area contributed by atoms with Crippen molar-refractivity contribution < 1.29 is 9.63 Å². The molecule has 0 spiro atoms. The van der Waals surface area contributed by atoms with E-state index < -0.39 is 0 Å². The first-order valence-corrected chi connectivity index (χ1v) is 6.81. The number of aromatic nitrogens is 1. The van der Waals surface area contributed by atoms with E-state index in [2.05, 4.69) is 15.5 Å². The molecule has 0 fully saturated rings. The zero-order valence-corrected chi connectivity index (χ0v) is 11.7. The Labute approximate surface area is 126 Å². The summed E-state index contributed by atoms with van der Waals surface area (Å²) >= 11 is 5.95. The van der Waals surface area contributed by atoms with Crippen molar-refractivity contribution >= 4 is 29.0 Å². The standard InChI is InChI=1S/C15H12ClN3O2/c16-11-7-4-8-17-14(11)18-15(20)12-9-13(21-19-12)10-5-2-1-3-6-10/h1-8,13H,9H2,(H,17,18,20)/t13-/m0/s1. The molecule has 1 aliphatic heterocycles. The normalized spacial score (nSPS) is 17.0. The van der Waals surface area contributed by atoms with E-state index in [9.17, 15) is 4.79 Å². The predicted octanol–water partition coefficient (Wildman–Crippen LogP) is 3.19. The molecule has 1 amide bonds. The number of nitrogens with one attached hydrogen (secondary N) is 1. The highest BCUT2D eigenvalue weighted by Gasteiger charge is 2.27. The number of rotatable bonds is 3. The Balaban J connectivity index is 1.66. The Morgan fingerprint density at radius 2 is 2.05 bits per heavy atom. The zero-order valence-electron chi connectivity index (χ0n) is 11.0. The van der Waals surface area contributed by atoms with E-state index in [-0.39, 0.29) is 12.0 Å². The van der Waals surface area contributed by atoms with Gasteiger partial charge >= 0.3 is 0 Å². The van der Waals surface area contributed by atoms with Crippen LogP contribution in [-0.4, -0.2) is 16.6 Å². The van der Waals surface area contributed by atoms with Crippen molar-refractivity contribution in [3.63, 3.8) is 0 Å². The van der Waals surface area contributed by atoms with Crippen LogP contribution in [0.2, 0.25) is 5.02 Å². The Morgan fingerprint density at radius 3 is 2.81 bits per heavy atom. The van der Waals surface area contributed by atoms with Gasteiger partial charge in [0.05, 0.1) is 5.02 Å². The van der Waals surface area contributed by atoms with Crippen LogP contribution < -0.4 is 5.32 Å². The molecule has 0 saturated heterocycles. The van der Waals surface area contributed by atoms with E-state index in [4.69, 9.17) is 16.4 Å². The molecule has 1 aromatic carbocycles. The van der Waals surface area contributed by atoms with Crippen LogP contribution in [0.1, 0.15) is 18.1 Å². The number of pyridine rings is 1. The van der Waals surface area contributed by atoms with Gasteiger partial charge in [0, 0.05) is 12.6 Å². The molecular formula is C15H12ClN3O2. The molecule has 0 unspecified atom stereocenters. The SMILES string of the molecule is O=C(Nc1ncccc1Cl)C1=NO[C@H](c2ccccc2)C1. The highest BCUT2D eigenvalue weighted by atomic mass is 35.5. The van der Waals surface area contributed by atoms with Gasteiger partial charge in [-0.2, -0.15) is 0 Å². The van der Waals surface area contributed by atoms with Crippen molar-refractivity contribution in [2.45, 2.75) is 12.5 Å². The van der Waals surface area contributed by atoms with Gasteiger partial charge in [0.25, 0.3) is 5.91 Å². The first kappa shape index (κ1) is 13.6. The van der Waals surface area contributed by atoms with Gasteiger partial charge in [0.15, 0.2) is 11.9 Å². The summed E-state index contributed by atoms with van der Waals surface area (Å²) in [4.78, 5) is 21.4. The lowest BCUT2D eigenvalue weighted by Crippen LogP contribution is -2.22. The molecule has 0 saturated carbocycles. The molecule has 0 bridgehead atoms. The summed E-state index contributed by atoms with van der Waals surface area (Å²) in [7, 11) is 0. The fourth-order valence-electron chi connectivity index (χ4n) is 2.02. The summed E-state index contributed by atoms with van der Waals surface area (Å²) in [5.41, 5.74) is 1.31. The van der Waals surface area contributed by atoms with E-state index in [0.29, 0.717) is 23.0 Å². The molecule has 1 atom stereocenters. The van der Waals surface area contributed by atoms with Crippen LogP contribution in [0.3, 0.4) is 0 Å². The quantitative estimate of drug-likeness (QED) is 0.947. The number of amides is 1. The predicted molar refractivity (Wildman–Crippen MR) is 80.2 cm³/mol. The fraction of sp³-hybridized carbons (Fsp3) is 0.133. The zero-order chi connectivity index (χ0) is 14.7. The maximum absolute atomic E-state index is 12.1. The van der Waals surface area contributed by atoms with Gasteiger partial charge in [0.2, 0.25) is 0 Å². The smallest absolute Gasteiger partial charge is 0.274 e. The van der Waals surface area contributed by atoms with E-state index in [1.165, 1.54) is 0 Å². The second kappa shape index (κ2) is 5.93. The molecule has 0 aliphatic carbocycles. The number of oxime groups is 1. The van der Waals surface area contributed by atoms with Gasteiger partial charge in [-0.05, 0) is 17.7 Å². The number of nitrogens with zero attached hydrogens (tertiary/aromatic N) is 2. The van der Waals surface area contributed by atoms with Crippen molar-refractivity contribution in [3.8, 4) is 0 Å². The van der Waals surface area contributed by atoms with E-state index >= 15 is 0 Å². The number of benzene rings is 1. The van der Waals surface area contributed by atoms with Crippen LogP contribution in [0.4, 0.5) is 5.82 Å². The topological polar surface area (TPSA) is 63.6 Å². The molecule has 106 valence electrons. The maximum atomic E-state index is 12.1. The van der Waals surface area contributed by atoms with Crippen LogP contribution in [0.15, 0.2) is 53.8 Å². The van der Waals surface area contributed by atoms with Gasteiger partial charge in [-0.25, -0.2) is 4.98 Å². The summed E-state index contributed by atoms with van der Waals surface area (Å²) in [6.45, 7) is 0. The van der Waals surface area contributed by atoms with Crippen LogP contribution >= 0.6 is 11.6 Å². The summed E-state index contributed by atoms with van der Waals surface area (Å²) < 4.78 is 0. The number of carbonyl (C=O) groups excluding carboxylic acids is 1. The maximum Gasteiger partial charge on any atom is 0.274 e. The first-order valence-electron chi connectivity index (χ1n) is 6.43. The summed E-state index contributed by atoms with van der Waals surface area (Å²) in [6, 6.07) is 13.0. The first-order chi connectivity index (χ1) is 10.2. The summed E-state index contributed by atoms with van der Waals surface area (Å²) in [5, 5.41) is 6.86. The highest BCUT2D eigenvalue weighted by Crippen LogP contribution is 2.27. The van der Waals surface area contributed by atoms with Gasteiger partial charge in [0.1, 0.15) is 5.71 Å². The average molecular weight is 302 g/mol. The molecule has 21 heavy (non-hydrogen) atoms. The Morgan fingerprint density at radius 1 is 1.24 bits per heavy atom. The van der Waals surface area contributed by atoms with Crippen molar-refractivity contribution in [2.75, 3.05) is 5.32 Å². The van der Waals surface area contributed by atoms with Gasteiger partial charge in [-0.3, -0.25) is 4.79 Å². The molecule has 6 heteroatoms. The van der Waals surface area contributed by atoms with Crippen LogP contribution in [0, 0.1) is 0 Å². The van der Waals surface area contributed by atoms with Crippen molar-refractivity contribution in [1.29, 1.82) is 0 Å². The lowest BCUT2D eigenvalue weighted by atomic mass is 10.0. The van der Waals surface area contributed by atoms with E-state index in [0.717, 1.165) is 5.56 Å². The number of anilines is 1. The van der Waals surface area contributed by atoms with Gasteiger partial charge in [-0.15, -0.1) is 0 Å². The minimum absolute atomic E-state index is 0.230. The molecule has 1 aromatic heterocycles. The highest BCUT2D eigenvalue weighted by molar-refractivity contribution is 6.44. The largest absolute Gasteiger partial charge is 0.387 e. The molecule has 3 rings (SSSR count).